The number of thioether (sulfide) groups is 1. The predicted molar refractivity (Wildman–Crippen MR) is 110 cm³/mol. The Hall–Kier alpha value is -3.40. The van der Waals surface area contributed by atoms with Gasteiger partial charge in [-0.15, -0.1) is 11.8 Å². The number of imide groups is 1. The van der Waals surface area contributed by atoms with Crippen LogP contribution < -0.4 is 10.2 Å². The van der Waals surface area contributed by atoms with Gasteiger partial charge in [0.1, 0.15) is 12.1 Å². The number of carbonyl (C=O) groups is 3. The lowest BCUT2D eigenvalue weighted by atomic mass is 9.91. The molecule has 1 fully saturated rings. The van der Waals surface area contributed by atoms with E-state index >= 15 is 0 Å². The quantitative estimate of drug-likeness (QED) is 0.457. The summed E-state index contributed by atoms with van der Waals surface area (Å²) >= 11 is 1.65. The van der Waals surface area contributed by atoms with E-state index in [0.29, 0.717) is 12.3 Å². The monoisotopic (exact) mass is 426 g/mol. The Kier molecular flexibility index (Phi) is 4.94. The van der Waals surface area contributed by atoms with Gasteiger partial charge in [0.15, 0.2) is 0 Å². The highest BCUT2D eigenvalue weighted by Gasteiger charge is 2.50. The van der Waals surface area contributed by atoms with Crippen molar-refractivity contribution in [2.75, 3.05) is 23.7 Å². The zero-order valence-electron chi connectivity index (χ0n) is 16.0. The Morgan fingerprint density at radius 1 is 1.23 bits per heavy atom. The van der Waals surface area contributed by atoms with E-state index in [1.807, 2.05) is 24.3 Å². The first kappa shape index (κ1) is 19.9. The van der Waals surface area contributed by atoms with Gasteiger partial charge in [-0.1, -0.05) is 24.3 Å². The Balaban J connectivity index is 1.57. The summed E-state index contributed by atoms with van der Waals surface area (Å²) in [6, 6.07) is 12.3. The molecule has 1 unspecified atom stereocenters. The van der Waals surface area contributed by atoms with Crippen LogP contribution in [0.2, 0.25) is 0 Å². The van der Waals surface area contributed by atoms with Crippen LogP contribution in [0.1, 0.15) is 12.5 Å². The fraction of sp³-hybridized carbons (Fsp3) is 0.250. The highest BCUT2D eigenvalue weighted by Crippen LogP contribution is 2.35. The first-order valence-corrected chi connectivity index (χ1v) is 10.2. The van der Waals surface area contributed by atoms with E-state index in [4.69, 9.17) is 0 Å². The number of nitrogens with zero attached hydrogens (tertiary/aromatic N) is 3. The summed E-state index contributed by atoms with van der Waals surface area (Å²) in [7, 11) is 0. The van der Waals surface area contributed by atoms with E-state index in [9.17, 15) is 24.5 Å². The third-order valence-electron chi connectivity index (χ3n) is 5.23. The van der Waals surface area contributed by atoms with Gasteiger partial charge in [-0.05, 0) is 24.6 Å². The van der Waals surface area contributed by atoms with Crippen molar-refractivity contribution < 1.29 is 19.3 Å². The van der Waals surface area contributed by atoms with Crippen LogP contribution in [0.3, 0.4) is 0 Å². The van der Waals surface area contributed by atoms with E-state index < -0.39 is 28.9 Å². The summed E-state index contributed by atoms with van der Waals surface area (Å²) < 4.78 is 0. The first-order chi connectivity index (χ1) is 14.3. The number of carbonyl (C=O) groups excluding carboxylic acids is 3. The van der Waals surface area contributed by atoms with Gasteiger partial charge in [0.05, 0.1) is 10.6 Å². The molecule has 1 atom stereocenters. The molecular formula is C20H18N4O5S. The third-order valence-corrected chi connectivity index (χ3v) is 6.28. The van der Waals surface area contributed by atoms with Gasteiger partial charge >= 0.3 is 6.03 Å². The molecule has 2 aliphatic rings. The molecule has 10 heteroatoms. The molecular weight excluding hydrogens is 408 g/mol. The maximum absolute atomic E-state index is 13.1. The van der Waals surface area contributed by atoms with Gasteiger partial charge in [-0.25, -0.2) is 4.79 Å². The number of nitro groups is 1. The molecule has 1 saturated heterocycles. The zero-order valence-corrected chi connectivity index (χ0v) is 16.8. The van der Waals surface area contributed by atoms with Crippen LogP contribution in [0, 0.1) is 10.1 Å². The van der Waals surface area contributed by atoms with Crippen LogP contribution in [-0.4, -0.2) is 46.5 Å². The minimum Gasteiger partial charge on any atom is -0.319 e. The molecule has 9 nitrogen and oxygen atoms in total. The fourth-order valence-corrected chi connectivity index (χ4v) is 4.61. The number of para-hydroxylation sites is 1. The van der Waals surface area contributed by atoms with E-state index in [0.717, 1.165) is 15.5 Å². The van der Waals surface area contributed by atoms with Gasteiger partial charge in [-0.3, -0.25) is 24.6 Å². The second-order valence-corrected chi connectivity index (χ2v) is 8.25. The lowest BCUT2D eigenvalue weighted by molar-refractivity contribution is -0.385. The second kappa shape index (κ2) is 7.45. The number of rotatable bonds is 4. The number of amides is 4. The Morgan fingerprint density at radius 2 is 2.00 bits per heavy atom. The van der Waals surface area contributed by atoms with Crippen molar-refractivity contribution in [2.45, 2.75) is 17.4 Å². The SMILES string of the molecule is CC1(c2cccc([N+](=O)[O-])c2)NC(=O)N(CC(=O)N2CCSc3ccccc32)C1=O. The van der Waals surface area contributed by atoms with Crippen LogP contribution in [0.25, 0.3) is 0 Å². The van der Waals surface area contributed by atoms with Crippen molar-refractivity contribution in [3.05, 3.63) is 64.2 Å². The van der Waals surface area contributed by atoms with Crippen LogP contribution in [-0.2, 0) is 15.1 Å². The van der Waals surface area contributed by atoms with Crippen molar-refractivity contribution in [1.29, 1.82) is 0 Å². The summed E-state index contributed by atoms with van der Waals surface area (Å²) in [5, 5.41) is 13.7. The molecule has 1 N–H and O–H groups in total. The lowest BCUT2D eigenvalue weighted by Crippen LogP contribution is -2.46. The number of nitrogens with one attached hydrogen (secondary N) is 1. The average molecular weight is 426 g/mol. The summed E-state index contributed by atoms with van der Waals surface area (Å²) in [5.74, 6) is -0.274. The van der Waals surface area contributed by atoms with Crippen molar-refractivity contribution in [3.63, 3.8) is 0 Å². The third kappa shape index (κ3) is 3.28. The smallest absolute Gasteiger partial charge is 0.319 e. The largest absolute Gasteiger partial charge is 0.325 e. The van der Waals surface area contributed by atoms with E-state index in [2.05, 4.69) is 5.32 Å². The topological polar surface area (TPSA) is 113 Å². The molecule has 0 aromatic heterocycles. The minimum absolute atomic E-state index is 0.187. The van der Waals surface area contributed by atoms with Gasteiger partial charge in [-0.2, -0.15) is 0 Å². The molecule has 154 valence electrons. The molecule has 2 aliphatic heterocycles. The maximum atomic E-state index is 13.1. The number of benzene rings is 2. The molecule has 0 saturated carbocycles. The summed E-state index contributed by atoms with van der Waals surface area (Å²) in [6.45, 7) is 1.55. The number of anilines is 1. The van der Waals surface area contributed by atoms with Crippen LogP contribution in [0.5, 0.6) is 0 Å². The fourth-order valence-electron chi connectivity index (χ4n) is 3.62. The second-order valence-electron chi connectivity index (χ2n) is 7.12. The summed E-state index contributed by atoms with van der Waals surface area (Å²) in [4.78, 5) is 52.5. The number of hydrogen-bond acceptors (Lipinski definition) is 6. The van der Waals surface area contributed by atoms with Gasteiger partial charge < -0.3 is 10.2 Å². The molecule has 2 aromatic rings. The Labute approximate surface area is 176 Å². The molecule has 0 bridgehead atoms. The van der Waals surface area contributed by atoms with Crippen LogP contribution in [0.15, 0.2) is 53.4 Å². The molecule has 0 aliphatic carbocycles. The van der Waals surface area contributed by atoms with E-state index in [-0.39, 0.29) is 17.2 Å². The number of urea groups is 1. The molecule has 0 spiro atoms. The molecule has 0 radical (unpaired) electrons. The van der Waals surface area contributed by atoms with Gasteiger partial charge in [0.25, 0.3) is 11.6 Å². The molecule has 4 rings (SSSR count). The molecule has 2 heterocycles. The molecule has 30 heavy (non-hydrogen) atoms. The van der Waals surface area contributed by atoms with Crippen molar-refractivity contribution in [3.8, 4) is 0 Å². The van der Waals surface area contributed by atoms with Gasteiger partial charge in [0.2, 0.25) is 5.91 Å². The van der Waals surface area contributed by atoms with E-state index in [1.165, 1.54) is 31.2 Å². The van der Waals surface area contributed by atoms with Gasteiger partial charge in [0, 0.05) is 29.3 Å². The number of fused-ring (bicyclic) bond motifs is 1. The summed E-state index contributed by atoms with van der Waals surface area (Å²) in [5.41, 5.74) is -0.635. The highest BCUT2D eigenvalue weighted by atomic mass is 32.2. The normalized spacial score (nSPS) is 20.7. The number of hydrogen-bond donors (Lipinski definition) is 1. The Bertz CT molecular complexity index is 1070. The van der Waals surface area contributed by atoms with E-state index in [1.54, 1.807) is 16.7 Å². The first-order valence-electron chi connectivity index (χ1n) is 9.22. The molecule has 2 aromatic carbocycles. The molecule has 4 amide bonds. The predicted octanol–water partition coefficient (Wildman–Crippen LogP) is 2.50. The van der Waals surface area contributed by atoms with Crippen LogP contribution in [0.4, 0.5) is 16.2 Å². The van der Waals surface area contributed by atoms with Crippen molar-refractivity contribution in [1.82, 2.24) is 10.2 Å². The van der Waals surface area contributed by atoms with Crippen molar-refractivity contribution >= 4 is 41.0 Å². The average Bonchev–Trinajstić information content (AvgIpc) is 2.97. The van der Waals surface area contributed by atoms with Crippen LogP contribution >= 0.6 is 11.8 Å². The minimum atomic E-state index is -1.49. The summed E-state index contributed by atoms with van der Waals surface area (Å²) in [6.07, 6.45) is 0. The maximum Gasteiger partial charge on any atom is 0.325 e. The number of nitro benzene ring substituents is 1. The standard InChI is InChI=1S/C20H18N4O5S/c1-20(13-5-4-6-14(11-13)24(28)29)18(26)23(19(27)21-20)12-17(25)22-9-10-30-16-8-3-2-7-15(16)22/h2-8,11H,9-10,12H2,1H3,(H,21,27). The Morgan fingerprint density at radius 3 is 2.77 bits per heavy atom. The zero-order chi connectivity index (χ0) is 21.5. The number of non-ortho nitro benzene ring substituents is 1. The highest BCUT2D eigenvalue weighted by molar-refractivity contribution is 7.99. The van der Waals surface area contributed by atoms with Crippen molar-refractivity contribution in [2.24, 2.45) is 0 Å². The lowest BCUT2D eigenvalue weighted by Gasteiger charge is -2.30.